The van der Waals surface area contributed by atoms with Crippen LogP contribution < -0.4 is 0 Å². The molecular formula is C11H10INO2. The molecule has 0 unspecified atom stereocenters. The summed E-state index contributed by atoms with van der Waals surface area (Å²) in [4.78, 5) is 14.3. The Bertz CT molecular complexity index is 504. The van der Waals surface area contributed by atoms with Crippen LogP contribution in [0.4, 0.5) is 0 Å². The van der Waals surface area contributed by atoms with Gasteiger partial charge in [-0.3, -0.25) is 4.79 Å². The number of halogens is 1. The zero-order valence-corrected chi connectivity index (χ0v) is 10.4. The van der Waals surface area contributed by atoms with Gasteiger partial charge in [0.2, 0.25) is 0 Å². The molecule has 0 fully saturated rings. The first-order valence-electron chi connectivity index (χ1n) is 4.53. The van der Waals surface area contributed by atoms with Gasteiger partial charge >= 0.3 is 5.97 Å². The average Bonchev–Trinajstić information content (AvgIpc) is 2.57. The Kier molecular flexibility index (Phi) is 2.95. The topological polar surface area (TPSA) is 42.1 Å². The number of carbonyl (C=O) groups is 1. The van der Waals surface area contributed by atoms with Gasteiger partial charge in [0.1, 0.15) is 0 Å². The third-order valence-electron chi connectivity index (χ3n) is 2.23. The summed E-state index contributed by atoms with van der Waals surface area (Å²) in [6, 6.07) is 8.00. The van der Waals surface area contributed by atoms with Crippen molar-refractivity contribution in [1.82, 2.24) is 4.98 Å². The number of esters is 1. The fourth-order valence-corrected chi connectivity index (χ4v) is 2.11. The lowest BCUT2D eigenvalue weighted by molar-refractivity contribution is -0.139. The van der Waals surface area contributed by atoms with Gasteiger partial charge < -0.3 is 9.72 Å². The summed E-state index contributed by atoms with van der Waals surface area (Å²) in [5.74, 6) is -0.212. The van der Waals surface area contributed by atoms with Crippen molar-refractivity contribution in [2.24, 2.45) is 0 Å². The van der Waals surface area contributed by atoms with Crippen LogP contribution >= 0.6 is 22.6 Å². The van der Waals surface area contributed by atoms with E-state index in [0.29, 0.717) is 6.42 Å². The highest BCUT2D eigenvalue weighted by molar-refractivity contribution is 14.1. The Morgan fingerprint density at radius 3 is 3.00 bits per heavy atom. The molecule has 0 saturated heterocycles. The van der Waals surface area contributed by atoms with Crippen molar-refractivity contribution >= 4 is 39.5 Å². The highest BCUT2D eigenvalue weighted by Crippen LogP contribution is 2.18. The predicted molar refractivity (Wildman–Crippen MR) is 66.7 cm³/mol. The van der Waals surface area contributed by atoms with Crippen molar-refractivity contribution in [3.05, 3.63) is 33.5 Å². The number of hydrogen-bond acceptors (Lipinski definition) is 2. The minimum atomic E-state index is -0.212. The van der Waals surface area contributed by atoms with Gasteiger partial charge in [-0.05, 0) is 40.3 Å². The second-order valence-corrected chi connectivity index (χ2v) is 4.45. The van der Waals surface area contributed by atoms with Crippen LogP contribution in [0.25, 0.3) is 10.9 Å². The van der Waals surface area contributed by atoms with Gasteiger partial charge in [-0.1, -0.05) is 12.1 Å². The number of nitrogens with one attached hydrogen (secondary N) is 1. The molecule has 0 bridgehead atoms. The second-order valence-electron chi connectivity index (χ2n) is 3.29. The smallest absolute Gasteiger partial charge is 0.309 e. The normalized spacial score (nSPS) is 10.5. The third-order valence-corrected chi connectivity index (χ3v) is 2.81. The van der Waals surface area contributed by atoms with Crippen LogP contribution in [-0.4, -0.2) is 18.1 Å². The highest BCUT2D eigenvalue weighted by atomic mass is 127. The standard InChI is InChI=1S/C11H10INO2/c1-15-11(14)5-7-2-3-8-6-10(12)13-9(8)4-7/h2-4,6,13H,5H2,1H3. The maximum Gasteiger partial charge on any atom is 0.309 e. The number of hydrogen-bond donors (Lipinski definition) is 1. The summed E-state index contributed by atoms with van der Waals surface area (Å²) in [5.41, 5.74) is 2.02. The van der Waals surface area contributed by atoms with E-state index in [-0.39, 0.29) is 5.97 Å². The van der Waals surface area contributed by atoms with E-state index in [4.69, 9.17) is 0 Å². The minimum Gasteiger partial charge on any atom is -0.469 e. The van der Waals surface area contributed by atoms with Crippen LogP contribution in [0.15, 0.2) is 24.3 Å². The largest absolute Gasteiger partial charge is 0.469 e. The fraction of sp³-hybridized carbons (Fsp3) is 0.182. The number of benzene rings is 1. The zero-order valence-electron chi connectivity index (χ0n) is 8.21. The molecule has 1 N–H and O–H groups in total. The summed E-state index contributed by atoms with van der Waals surface area (Å²) in [7, 11) is 1.40. The summed E-state index contributed by atoms with van der Waals surface area (Å²) < 4.78 is 5.72. The van der Waals surface area contributed by atoms with Crippen LogP contribution in [-0.2, 0) is 16.0 Å². The first-order valence-corrected chi connectivity index (χ1v) is 5.61. The third kappa shape index (κ3) is 2.31. The van der Waals surface area contributed by atoms with Gasteiger partial charge in [0.05, 0.1) is 17.2 Å². The molecule has 0 aliphatic heterocycles. The number of carbonyl (C=O) groups excluding carboxylic acids is 1. The van der Waals surface area contributed by atoms with Gasteiger partial charge in [0, 0.05) is 10.9 Å². The molecule has 1 aromatic heterocycles. The molecule has 1 aromatic carbocycles. The lowest BCUT2D eigenvalue weighted by Gasteiger charge is -1.99. The summed E-state index contributed by atoms with van der Waals surface area (Å²) in [5, 5.41) is 1.16. The van der Waals surface area contributed by atoms with Crippen LogP contribution in [0.3, 0.4) is 0 Å². The molecule has 3 nitrogen and oxygen atoms in total. The van der Waals surface area contributed by atoms with Crippen LogP contribution in [0, 0.1) is 3.70 Å². The van der Waals surface area contributed by atoms with Gasteiger partial charge in [-0.15, -0.1) is 0 Å². The number of aromatic nitrogens is 1. The number of H-pyrrole nitrogens is 1. The number of rotatable bonds is 2. The van der Waals surface area contributed by atoms with Gasteiger partial charge in [0.25, 0.3) is 0 Å². The van der Waals surface area contributed by atoms with Gasteiger partial charge in [-0.25, -0.2) is 0 Å². The van der Waals surface area contributed by atoms with E-state index in [1.165, 1.54) is 7.11 Å². The zero-order chi connectivity index (χ0) is 10.8. The molecule has 0 aliphatic rings. The first kappa shape index (κ1) is 10.5. The van der Waals surface area contributed by atoms with E-state index in [1.807, 2.05) is 18.2 Å². The molecule has 0 saturated carbocycles. The Hall–Kier alpha value is -1.04. The van der Waals surface area contributed by atoms with Crippen molar-refractivity contribution in [3.8, 4) is 0 Å². The predicted octanol–water partition coefficient (Wildman–Crippen LogP) is 2.49. The molecule has 2 aromatic rings. The Morgan fingerprint density at radius 2 is 2.27 bits per heavy atom. The monoisotopic (exact) mass is 315 g/mol. The van der Waals surface area contributed by atoms with Crippen molar-refractivity contribution in [3.63, 3.8) is 0 Å². The van der Waals surface area contributed by atoms with Crippen molar-refractivity contribution < 1.29 is 9.53 Å². The molecule has 15 heavy (non-hydrogen) atoms. The van der Waals surface area contributed by atoms with Crippen molar-refractivity contribution in [2.45, 2.75) is 6.42 Å². The molecule has 0 aliphatic carbocycles. The fourth-order valence-electron chi connectivity index (χ4n) is 1.49. The van der Waals surface area contributed by atoms with E-state index in [9.17, 15) is 4.79 Å². The Morgan fingerprint density at radius 1 is 1.47 bits per heavy atom. The molecule has 2 rings (SSSR count). The van der Waals surface area contributed by atoms with Crippen molar-refractivity contribution in [1.29, 1.82) is 0 Å². The maximum atomic E-state index is 11.1. The Balaban J connectivity index is 2.33. The quantitative estimate of drug-likeness (QED) is 0.683. The second kappa shape index (κ2) is 4.22. The van der Waals surface area contributed by atoms with E-state index >= 15 is 0 Å². The van der Waals surface area contributed by atoms with Crippen LogP contribution in [0.2, 0.25) is 0 Å². The summed E-state index contributed by atoms with van der Waals surface area (Å²) >= 11 is 2.23. The van der Waals surface area contributed by atoms with E-state index < -0.39 is 0 Å². The first-order chi connectivity index (χ1) is 7.19. The van der Waals surface area contributed by atoms with E-state index in [1.54, 1.807) is 0 Å². The highest BCUT2D eigenvalue weighted by Gasteiger charge is 2.04. The number of methoxy groups -OCH3 is 1. The van der Waals surface area contributed by atoms with Crippen molar-refractivity contribution in [2.75, 3.05) is 7.11 Å². The molecular weight excluding hydrogens is 305 g/mol. The lowest BCUT2D eigenvalue weighted by atomic mass is 10.1. The molecule has 0 atom stereocenters. The average molecular weight is 315 g/mol. The number of fused-ring (bicyclic) bond motifs is 1. The van der Waals surface area contributed by atoms with Crippen LogP contribution in [0.5, 0.6) is 0 Å². The van der Waals surface area contributed by atoms with E-state index in [2.05, 4.69) is 38.4 Å². The molecule has 0 amide bonds. The van der Waals surface area contributed by atoms with Gasteiger partial charge in [-0.2, -0.15) is 0 Å². The maximum absolute atomic E-state index is 11.1. The lowest BCUT2D eigenvalue weighted by Crippen LogP contribution is -2.04. The molecule has 0 radical (unpaired) electrons. The molecule has 4 heteroatoms. The van der Waals surface area contributed by atoms with Gasteiger partial charge in [0.15, 0.2) is 0 Å². The number of aromatic amines is 1. The molecule has 0 spiro atoms. The number of ether oxygens (including phenoxy) is 1. The Labute approximate surface area is 101 Å². The van der Waals surface area contributed by atoms with E-state index in [0.717, 1.165) is 20.2 Å². The molecule has 1 heterocycles. The van der Waals surface area contributed by atoms with Crippen LogP contribution in [0.1, 0.15) is 5.56 Å². The SMILES string of the molecule is COC(=O)Cc1ccc2cc(I)[nH]c2c1. The molecule has 78 valence electrons. The summed E-state index contributed by atoms with van der Waals surface area (Å²) in [6.07, 6.45) is 0.321. The summed E-state index contributed by atoms with van der Waals surface area (Å²) in [6.45, 7) is 0. The minimum absolute atomic E-state index is 0.212.